The molecule has 5 rings (SSSR count). The van der Waals surface area contributed by atoms with Crippen molar-refractivity contribution in [3.05, 3.63) is 90.0 Å². The average Bonchev–Trinajstić information content (AvgIpc) is 3.03. The number of benzene rings is 3. The quantitative estimate of drug-likeness (QED) is 0.250. The maximum Gasteiger partial charge on any atom is 0.324 e. The highest BCUT2D eigenvalue weighted by Crippen LogP contribution is 2.29. The number of carbonyl (C=O) groups is 1. The van der Waals surface area contributed by atoms with Crippen LogP contribution >= 0.6 is 0 Å². The third kappa shape index (κ3) is 7.35. The van der Waals surface area contributed by atoms with E-state index in [1.807, 2.05) is 41.3 Å². The van der Waals surface area contributed by atoms with Crippen LogP contribution in [0, 0.1) is 17.2 Å². The van der Waals surface area contributed by atoms with E-state index in [2.05, 4.69) is 0 Å². The first-order chi connectivity index (χ1) is 20.7. The third-order valence-corrected chi connectivity index (χ3v) is 10.0. The largest absolute Gasteiger partial charge is 0.497 e. The number of rotatable bonds is 11. The van der Waals surface area contributed by atoms with Gasteiger partial charge in [0.05, 0.1) is 25.2 Å². The first-order valence-corrected chi connectivity index (χ1v) is 16.0. The van der Waals surface area contributed by atoms with Crippen LogP contribution in [-0.4, -0.2) is 75.9 Å². The zero-order valence-electron chi connectivity index (χ0n) is 24.4. The molecule has 2 fully saturated rings. The van der Waals surface area contributed by atoms with Gasteiger partial charge in [0.25, 0.3) is 0 Å². The number of carbonyl (C=O) groups excluding carboxylic acids is 1. The van der Waals surface area contributed by atoms with Crippen molar-refractivity contribution in [2.24, 2.45) is 17.6 Å². The van der Waals surface area contributed by atoms with Crippen LogP contribution in [-0.2, 0) is 21.4 Å². The van der Waals surface area contributed by atoms with Gasteiger partial charge in [-0.05, 0) is 60.7 Å². The normalized spacial score (nSPS) is 18.5. The summed E-state index contributed by atoms with van der Waals surface area (Å²) in [6, 6.07) is 23.5. The summed E-state index contributed by atoms with van der Waals surface area (Å²) in [5.41, 5.74) is 8.08. The summed E-state index contributed by atoms with van der Waals surface area (Å²) in [5, 5.41) is 7.84. The molecule has 2 amide bonds. The third-order valence-electron chi connectivity index (χ3n) is 8.10. The molecule has 2 aliphatic rings. The number of nitrogens with two attached hydrogens (primary N) is 1. The fourth-order valence-electron chi connectivity index (χ4n) is 5.73. The number of urea groups is 1. The van der Waals surface area contributed by atoms with Crippen LogP contribution in [0.1, 0.15) is 24.0 Å². The van der Waals surface area contributed by atoms with Crippen LogP contribution in [0.3, 0.4) is 0 Å². The van der Waals surface area contributed by atoms with Crippen molar-refractivity contribution in [2.75, 3.05) is 51.3 Å². The number of anilines is 1. The molecule has 228 valence electrons. The Morgan fingerprint density at radius 1 is 0.953 bits per heavy atom. The predicted molar refractivity (Wildman–Crippen MR) is 166 cm³/mol. The molecule has 0 bridgehead atoms. The standard InChI is InChI=1S/C32H39N5O5S/c1-41-29-10-12-30(13-11-29)43(39,40)36-16-14-24(15-17-36)19-35-20-26(23-42-22-25-6-3-2-4-7-25)21-37(32(35)38)28-9-5-8-27(18-28)31(33)34/h2-13,18,24,26H,14-17,19-23H2,1H3,(H3,33,34). The fourth-order valence-corrected chi connectivity index (χ4v) is 7.20. The zero-order chi connectivity index (χ0) is 30.4. The Balaban J connectivity index is 1.25. The molecular formula is C32H39N5O5S. The van der Waals surface area contributed by atoms with E-state index in [0.29, 0.717) is 75.8 Å². The molecular weight excluding hydrogens is 566 g/mol. The monoisotopic (exact) mass is 605 g/mol. The Kier molecular flexibility index (Phi) is 9.64. The van der Waals surface area contributed by atoms with Gasteiger partial charge < -0.3 is 20.1 Å². The molecule has 0 radical (unpaired) electrons. The predicted octanol–water partition coefficient (Wildman–Crippen LogP) is 4.16. The molecule has 1 atom stereocenters. The Labute approximate surface area is 253 Å². The van der Waals surface area contributed by atoms with Crippen LogP contribution in [0.5, 0.6) is 5.75 Å². The first-order valence-electron chi connectivity index (χ1n) is 14.5. The molecule has 2 aliphatic heterocycles. The highest BCUT2D eigenvalue weighted by atomic mass is 32.2. The second kappa shape index (κ2) is 13.6. The molecule has 2 heterocycles. The van der Waals surface area contributed by atoms with E-state index >= 15 is 0 Å². The maximum atomic E-state index is 13.8. The zero-order valence-corrected chi connectivity index (χ0v) is 25.2. The van der Waals surface area contributed by atoms with E-state index in [4.69, 9.17) is 20.6 Å². The van der Waals surface area contributed by atoms with Gasteiger partial charge in [0.15, 0.2) is 0 Å². The molecule has 10 nitrogen and oxygen atoms in total. The topological polar surface area (TPSA) is 129 Å². The number of nitrogens with zero attached hydrogens (tertiary/aromatic N) is 3. The Morgan fingerprint density at radius 3 is 2.35 bits per heavy atom. The maximum absolute atomic E-state index is 13.8. The van der Waals surface area contributed by atoms with Gasteiger partial charge in [0.2, 0.25) is 10.0 Å². The lowest BCUT2D eigenvalue weighted by Crippen LogP contribution is -2.56. The number of nitrogens with one attached hydrogen (secondary N) is 1. The molecule has 3 aromatic rings. The van der Waals surface area contributed by atoms with Crippen molar-refractivity contribution < 1.29 is 22.7 Å². The summed E-state index contributed by atoms with van der Waals surface area (Å²) < 4.78 is 39.2. The van der Waals surface area contributed by atoms with E-state index in [-0.39, 0.29) is 28.6 Å². The SMILES string of the molecule is COc1ccc(S(=O)(=O)N2CCC(CN3CC(COCc4ccccc4)CN(c4cccc(C(=N)N)c4)C3=O)CC2)cc1. The number of nitrogen functional groups attached to an aromatic ring is 1. The number of hydrogen-bond donors (Lipinski definition) is 2. The van der Waals surface area contributed by atoms with E-state index in [1.54, 1.807) is 54.5 Å². The molecule has 11 heteroatoms. The van der Waals surface area contributed by atoms with Crippen molar-refractivity contribution in [3.63, 3.8) is 0 Å². The summed E-state index contributed by atoms with van der Waals surface area (Å²) in [7, 11) is -2.06. The molecule has 2 saturated heterocycles. The Bertz CT molecular complexity index is 1510. The van der Waals surface area contributed by atoms with Crippen molar-refractivity contribution >= 4 is 27.6 Å². The number of sulfonamides is 1. The molecule has 0 spiro atoms. The van der Waals surface area contributed by atoms with Gasteiger partial charge in [-0.3, -0.25) is 10.3 Å². The molecule has 0 aliphatic carbocycles. The van der Waals surface area contributed by atoms with E-state index in [1.165, 1.54) is 4.31 Å². The van der Waals surface area contributed by atoms with Gasteiger partial charge >= 0.3 is 6.03 Å². The number of ether oxygens (including phenoxy) is 2. The van der Waals surface area contributed by atoms with Crippen molar-refractivity contribution in [2.45, 2.75) is 24.3 Å². The summed E-state index contributed by atoms with van der Waals surface area (Å²) >= 11 is 0. The highest BCUT2D eigenvalue weighted by Gasteiger charge is 2.36. The number of methoxy groups -OCH3 is 1. The number of amides is 2. The van der Waals surface area contributed by atoms with Gasteiger partial charge in [0, 0.05) is 49.9 Å². The molecule has 0 aromatic heterocycles. The van der Waals surface area contributed by atoms with Gasteiger partial charge in [-0.1, -0.05) is 42.5 Å². The lowest BCUT2D eigenvalue weighted by molar-refractivity contribution is 0.0661. The Hall–Kier alpha value is -3.93. The minimum Gasteiger partial charge on any atom is -0.497 e. The summed E-state index contributed by atoms with van der Waals surface area (Å²) in [6.07, 6.45) is 1.32. The molecule has 3 aromatic carbocycles. The Morgan fingerprint density at radius 2 is 1.67 bits per heavy atom. The van der Waals surface area contributed by atoms with Crippen molar-refractivity contribution in [1.82, 2.24) is 9.21 Å². The number of piperidine rings is 1. The molecule has 0 saturated carbocycles. The van der Waals surface area contributed by atoms with Crippen LogP contribution < -0.4 is 15.4 Å². The van der Waals surface area contributed by atoms with Crippen LogP contribution in [0.15, 0.2) is 83.8 Å². The van der Waals surface area contributed by atoms with E-state index < -0.39 is 10.0 Å². The van der Waals surface area contributed by atoms with Gasteiger partial charge in [-0.15, -0.1) is 0 Å². The summed E-state index contributed by atoms with van der Waals surface area (Å²) in [4.78, 5) is 17.7. The van der Waals surface area contributed by atoms with E-state index in [9.17, 15) is 13.2 Å². The summed E-state index contributed by atoms with van der Waals surface area (Å²) in [5.74, 6) is 0.788. The lowest BCUT2D eigenvalue weighted by atomic mass is 9.96. The van der Waals surface area contributed by atoms with Gasteiger partial charge in [-0.25, -0.2) is 13.2 Å². The first kappa shape index (κ1) is 30.5. The van der Waals surface area contributed by atoms with E-state index in [0.717, 1.165) is 5.56 Å². The molecule has 43 heavy (non-hydrogen) atoms. The lowest BCUT2D eigenvalue weighted by Gasteiger charge is -2.42. The minimum atomic E-state index is -3.61. The van der Waals surface area contributed by atoms with Crippen LogP contribution in [0.25, 0.3) is 0 Å². The molecule has 3 N–H and O–H groups in total. The van der Waals surface area contributed by atoms with Crippen LogP contribution in [0.4, 0.5) is 10.5 Å². The average molecular weight is 606 g/mol. The second-order valence-electron chi connectivity index (χ2n) is 11.2. The van der Waals surface area contributed by atoms with Gasteiger partial charge in [-0.2, -0.15) is 4.31 Å². The van der Waals surface area contributed by atoms with Crippen molar-refractivity contribution in [3.8, 4) is 5.75 Å². The van der Waals surface area contributed by atoms with Crippen molar-refractivity contribution in [1.29, 1.82) is 5.41 Å². The smallest absolute Gasteiger partial charge is 0.324 e. The summed E-state index contributed by atoms with van der Waals surface area (Å²) in [6.45, 7) is 3.36. The number of amidine groups is 1. The second-order valence-corrected chi connectivity index (χ2v) is 13.1. The highest BCUT2D eigenvalue weighted by molar-refractivity contribution is 7.89. The molecule has 1 unspecified atom stereocenters. The number of hydrogen-bond acceptors (Lipinski definition) is 6. The van der Waals surface area contributed by atoms with Crippen LogP contribution in [0.2, 0.25) is 0 Å². The minimum absolute atomic E-state index is 0.0535. The van der Waals surface area contributed by atoms with Gasteiger partial charge in [0.1, 0.15) is 11.6 Å². The fraction of sp³-hybridized carbons (Fsp3) is 0.375.